The number of likely N-dealkylation sites (N-methyl/N-ethyl adjacent to an activating group) is 1. The summed E-state index contributed by atoms with van der Waals surface area (Å²) in [5.41, 5.74) is 5.27. The topological polar surface area (TPSA) is 46.3 Å². The maximum Gasteiger partial charge on any atom is 0.234 e. The number of hydrogen-bond donors (Lipinski definition) is 1. The first kappa shape index (κ1) is 10.5. The Morgan fingerprint density at radius 2 is 2.23 bits per heavy atom. The molecule has 1 saturated carbocycles. The van der Waals surface area contributed by atoms with E-state index in [2.05, 4.69) is 11.8 Å². The lowest BCUT2D eigenvalue weighted by molar-refractivity contribution is -0.123. The fraction of sp³-hybridized carbons (Fsp3) is 0.900. The molecule has 3 heteroatoms. The van der Waals surface area contributed by atoms with Gasteiger partial charge in [-0.1, -0.05) is 13.3 Å². The van der Waals surface area contributed by atoms with Gasteiger partial charge in [-0.15, -0.1) is 0 Å². The minimum atomic E-state index is -0.207. The number of primary amides is 1. The molecule has 2 N–H and O–H groups in total. The second kappa shape index (κ2) is 4.61. The zero-order chi connectivity index (χ0) is 9.84. The van der Waals surface area contributed by atoms with E-state index in [1.807, 2.05) is 6.92 Å². The van der Waals surface area contributed by atoms with Crippen molar-refractivity contribution in [3.63, 3.8) is 0 Å². The molecule has 13 heavy (non-hydrogen) atoms. The first-order valence-corrected chi connectivity index (χ1v) is 5.18. The SMILES string of the molecule is CCN(CC1CCC1)C(C)C(N)=O. The third-order valence-electron chi connectivity index (χ3n) is 3.08. The monoisotopic (exact) mass is 184 g/mol. The Labute approximate surface area is 80.3 Å². The van der Waals surface area contributed by atoms with Crippen LogP contribution in [0.25, 0.3) is 0 Å². The van der Waals surface area contributed by atoms with Crippen molar-refractivity contribution in [1.29, 1.82) is 0 Å². The largest absolute Gasteiger partial charge is 0.368 e. The highest BCUT2D eigenvalue weighted by Crippen LogP contribution is 2.27. The van der Waals surface area contributed by atoms with E-state index in [1.165, 1.54) is 19.3 Å². The molecule has 1 amide bonds. The average Bonchev–Trinajstić information content (AvgIpc) is 2.02. The summed E-state index contributed by atoms with van der Waals surface area (Å²) >= 11 is 0. The second-order valence-electron chi connectivity index (χ2n) is 3.96. The lowest BCUT2D eigenvalue weighted by Gasteiger charge is -2.34. The third kappa shape index (κ3) is 2.69. The molecule has 0 bridgehead atoms. The Hall–Kier alpha value is -0.570. The van der Waals surface area contributed by atoms with E-state index < -0.39 is 0 Å². The minimum absolute atomic E-state index is 0.106. The van der Waals surface area contributed by atoms with Gasteiger partial charge in [-0.05, 0) is 32.2 Å². The van der Waals surface area contributed by atoms with Gasteiger partial charge in [0, 0.05) is 6.54 Å². The summed E-state index contributed by atoms with van der Waals surface area (Å²) in [6.45, 7) is 5.93. The minimum Gasteiger partial charge on any atom is -0.368 e. The number of carbonyl (C=O) groups excluding carboxylic acids is 1. The van der Waals surface area contributed by atoms with Crippen LogP contribution in [0.4, 0.5) is 0 Å². The van der Waals surface area contributed by atoms with E-state index >= 15 is 0 Å². The summed E-state index contributed by atoms with van der Waals surface area (Å²) in [5, 5.41) is 0. The normalized spacial score (nSPS) is 19.9. The van der Waals surface area contributed by atoms with Crippen LogP contribution in [-0.2, 0) is 4.79 Å². The van der Waals surface area contributed by atoms with Gasteiger partial charge in [0.1, 0.15) is 0 Å². The zero-order valence-electron chi connectivity index (χ0n) is 8.62. The second-order valence-corrected chi connectivity index (χ2v) is 3.96. The fourth-order valence-corrected chi connectivity index (χ4v) is 1.75. The summed E-state index contributed by atoms with van der Waals surface area (Å²) in [6.07, 6.45) is 4.00. The standard InChI is InChI=1S/C10H20N2O/c1-3-12(8(2)10(11)13)7-9-5-4-6-9/h8-9H,3-7H2,1-2H3,(H2,11,13). The molecule has 1 aliphatic carbocycles. The molecule has 0 saturated heterocycles. The lowest BCUT2D eigenvalue weighted by atomic mass is 9.85. The molecular weight excluding hydrogens is 164 g/mol. The summed E-state index contributed by atoms with van der Waals surface area (Å²) in [5.74, 6) is 0.600. The maximum absolute atomic E-state index is 11.0. The number of rotatable bonds is 5. The molecule has 76 valence electrons. The summed E-state index contributed by atoms with van der Waals surface area (Å²) < 4.78 is 0. The Bertz CT molecular complexity index is 178. The van der Waals surface area contributed by atoms with Crippen LogP contribution in [0.5, 0.6) is 0 Å². The molecule has 1 atom stereocenters. The third-order valence-corrected chi connectivity index (χ3v) is 3.08. The van der Waals surface area contributed by atoms with E-state index in [1.54, 1.807) is 0 Å². The van der Waals surface area contributed by atoms with Crippen molar-refractivity contribution in [2.45, 2.75) is 39.2 Å². The Balaban J connectivity index is 2.36. The van der Waals surface area contributed by atoms with Crippen LogP contribution in [0, 0.1) is 5.92 Å². The van der Waals surface area contributed by atoms with Crippen molar-refractivity contribution < 1.29 is 4.79 Å². The van der Waals surface area contributed by atoms with Crippen molar-refractivity contribution in [3.05, 3.63) is 0 Å². The van der Waals surface area contributed by atoms with Crippen LogP contribution < -0.4 is 5.73 Å². The van der Waals surface area contributed by atoms with Gasteiger partial charge in [0.15, 0.2) is 0 Å². The lowest BCUT2D eigenvalue weighted by Crippen LogP contribution is -2.45. The van der Waals surface area contributed by atoms with E-state index in [4.69, 9.17) is 5.73 Å². The van der Waals surface area contributed by atoms with Crippen LogP contribution in [0.2, 0.25) is 0 Å². The van der Waals surface area contributed by atoms with Gasteiger partial charge < -0.3 is 5.73 Å². The number of hydrogen-bond acceptors (Lipinski definition) is 2. The highest BCUT2D eigenvalue weighted by atomic mass is 16.1. The van der Waals surface area contributed by atoms with Gasteiger partial charge in [-0.2, -0.15) is 0 Å². The van der Waals surface area contributed by atoms with Crippen LogP contribution >= 0.6 is 0 Å². The molecule has 0 heterocycles. The molecule has 0 aliphatic heterocycles. The highest BCUT2D eigenvalue weighted by molar-refractivity contribution is 5.79. The molecule has 1 aliphatic rings. The molecular formula is C10H20N2O. The number of carbonyl (C=O) groups is 1. The number of amides is 1. The maximum atomic E-state index is 11.0. The smallest absolute Gasteiger partial charge is 0.234 e. The van der Waals surface area contributed by atoms with E-state index in [0.717, 1.165) is 19.0 Å². The summed E-state index contributed by atoms with van der Waals surface area (Å²) in [4.78, 5) is 13.1. The first-order chi connectivity index (χ1) is 6.15. The van der Waals surface area contributed by atoms with Gasteiger partial charge in [-0.3, -0.25) is 9.69 Å². The number of nitrogens with zero attached hydrogens (tertiary/aromatic N) is 1. The van der Waals surface area contributed by atoms with Crippen molar-refractivity contribution in [2.24, 2.45) is 11.7 Å². The molecule has 0 aromatic heterocycles. The average molecular weight is 184 g/mol. The Morgan fingerprint density at radius 1 is 1.62 bits per heavy atom. The van der Waals surface area contributed by atoms with E-state index in [9.17, 15) is 4.79 Å². The summed E-state index contributed by atoms with van der Waals surface area (Å²) in [7, 11) is 0. The van der Waals surface area contributed by atoms with Crippen molar-refractivity contribution in [1.82, 2.24) is 4.90 Å². The van der Waals surface area contributed by atoms with Crippen molar-refractivity contribution >= 4 is 5.91 Å². The van der Waals surface area contributed by atoms with Gasteiger partial charge in [0.25, 0.3) is 0 Å². The van der Waals surface area contributed by atoms with E-state index in [0.29, 0.717) is 0 Å². The Morgan fingerprint density at radius 3 is 2.54 bits per heavy atom. The van der Waals surface area contributed by atoms with Crippen LogP contribution in [-0.4, -0.2) is 29.9 Å². The summed E-state index contributed by atoms with van der Waals surface area (Å²) in [6, 6.07) is -0.106. The van der Waals surface area contributed by atoms with Crippen LogP contribution in [0.15, 0.2) is 0 Å². The molecule has 0 aromatic rings. The molecule has 3 nitrogen and oxygen atoms in total. The molecule has 0 radical (unpaired) electrons. The molecule has 1 rings (SSSR count). The molecule has 0 aromatic carbocycles. The van der Waals surface area contributed by atoms with Gasteiger partial charge in [-0.25, -0.2) is 0 Å². The van der Waals surface area contributed by atoms with Crippen molar-refractivity contribution in [3.8, 4) is 0 Å². The molecule has 1 fully saturated rings. The van der Waals surface area contributed by atoms with Crippen LogP contribution in [0.1, 0.15) is 33.1 Å². The number of nitrogens with two attached hydrogens (primary N) is 1. The van der Waals surface area contributed by atoms with Gasteiger partial charge in [0.05, 0.1) is 6.04 Å². The first-order valence-electron chi connectivity index (χ1n) is 5.18. The van der Waals surface area contributed by atoms with Gasteiger partial charge >= 0.3 is 0 Å². The Kier molecular flexibility index (Phi) is 3.72. The highest BCUT2D eigenvalue weighted by Gasteiger charge is 2.24. The zero-order valence-corrected chi connectivity index (χ0v) is 8.62. The fourth-order valence-electron chi connectivity index (χ4n) is 1.75. The van der Waals surface area contributed by atoms with E-state index in [-0.39, 0.29) is 11.9 Å². The predicted octanol–water partition coefficient (Wildman–Crippen LogP) is 0.982. The molecule has 0 spiro atoms. The molecule has 1 unspecified atom stereocenters. The quantitative estimate of drug-likeness (QED) is 0.692. The van der Waals surface area contributed by atoms with Crippen LogP contribution in [0.3, 0.4) is 0 Å². The predicted molar refractivity (Wildman–Crippen MR) is 53.2 cm³/mol. The van der Waals surface area contributed by atoms with Crippen molar-refractivity contribution in [2.75, 3.05) is 13.1 Å². The van der Waals surface area contributed by atoms with Gasteiger partial charge in [0.2, 0.25) is 5.91 Å².